The molecule has 0 fully saturated rings. The first-order valence-corrected chi connectivity index (χ1v) is 6.64. The molecule has 0 unspecified atom stereocenters. The van der Waals surface area contributed by atoms with Crippen LogP contribution in [0.1, 0.15) is 21.7 Å². The Balaban J connectivity index is 1.87. The Bertz CT molecular complexity index is 702. The van der Waals surface area contributed by atoms with Crippen molar-refractivity contribution in [3.05, 3.63) is 35.2 Å². The molecule has 7 heteroatoms. The highest BCUT2D eigenvalue weighted by Gasteiger charge is 2.19. The number of hydrogen-bond acceptors (Lipinski definition) is 6. The normalized spacial score (nSPS) is 12.9. The van der Waals surface area contributed by atoms with Gasteiger partial charge in [0.15, 0.2) is 5.75 Å². The Morgan fingerprint density at radius 3 is 2.95 bits per heavy atom. The second kappa shape index (κ2) is 5.35. The van der Waals surface area contributed by atoms with Crippen LogP contribution in [0.2, 0.25) is 0 Å². The standard InChI is InChI=1S/C14H15N5O2/c1-8-9(2)18-19-14(16-8)17-13(20)10-4-3-5-11-12(10)21-7-6-15-11/h3-5,15H,6-7H2,1-2H3,(H,16,17,19,20). The molecule has 1 aliphatic heterocycles. The summed E-state index contributed by atoms with van der Waals surface area (Å²) in [5.74, 6) is 0.420. The summed E-state index contributed by atoms with van der Waals surface area (Å²) in [4.78, 5) is 16.5. The molecular weight excluding hydrogens is 270 g/mol. The van der Waals surface area contributed by atoms with Gasteiger partial charge in [-0.3, -0.25) is 10.1 Å². The van der Waals surface area contributed by atoms with Gasteiger partial charge in [-0.1, -0.05) is 6.07 Å². The van der Waals surface area contributed by atoms with Crippen LogP contribution in [-0.2, 0) is 0 Å². The lowest BCUT2D eigenvalue weighted by Gasteiger charge is -2.21. The first-order chi connectivity index (χ1) is 10.1. The zero-order valence-corrected chi connectivity index (χ0v) is 11.8. The van der Waals surface area contributed by atoms with E-state index in [2.05, 4.69) is 25.8 Å². The molecule has 2 heterocycles. The molecule has 0 radical (unpaired) electrons. The van der Waals surface area contributed by atoms with Crippen molar-refractivity contribution in [1.29, 1.82) is 0 Å². The number of hydrogen-bond donors (Lipinski definition) is 2. The Hall–Kier alpha value is -2.70. The van der Waals surface area contributed by atoms with Crippen molar-refractivity contribution in [3.63, 3.8) is 0 Å². The van der Waals surface area contributed by atoms with E-state index in [0.717, 1.165) is 23.6 Å². The summed E-state index contributed by atoms with van der Waals surface area (Å²) in [6, 6.07) is 5.38. The van der Waals surface area contributed by atoms with E-state index in [1.54, 1.807) is 12.1 Å². The molecule has 2 N–H and O–H groups in total. The molecule has 1 amide bonds. The third-order valence-corrected chi connectivity index (χ3v) is 3.24. The molecule has 108 valence electrons. The summed E-state index contributed by atoms with van der Waals surface area (Å²) in [5.41, 5.74) is 2.72. The number of ether oxygens (including phenoxy) is 1. The highest BCUT2D eigenvalue weighted by Crippen LogP contribution is 2.31. The highest BCUT2D eigenvalue weighted by atomic mass is 16.5. The number of nitrogens with one attached hydrogen (secondary N) is 2. The lowest BCUT2D eigenvalue weighted by Crippen LogP contribution is -2.22. The number of anilines is 2. The van der Waals surface area contributed by atoms with Crippen LogP contribution in [0.4, 0.5) is 11.6 Å². The maximum absolute atomic E-state index is 12.4. The summed E-state index contributed by atoms with van der Waals surface area (Å²) in [7, 11) is 0. The maximum atomic E-state index is 12.4. The van der Waals surface area contributed by atoms with E-state index in [1.165, 1.54) is 0 Å². The first kappa shape index (κ1) is 13.3. The topological polar surface area (TPSA) is 89.0 Å². The van der Waals surface area contributed by atoms with Crippen LogP contribution in [0.5, 0.6) is 5.75 Å². The molecule has 21 heavy (non-hydrogen) atoms. The molecule has 0 saturated heterocycles. The average Bonchev–Trinajstić information content (AvgIpc) is 2.50. The molecule has 3 rings (SSSR count). The number of carbonyl (C=O) groups is 1. The Morgan fingerprint density at radius 2 is 2.14 bits per heavy atom. The fraction of sp³-hybridized carbons (Fsp3) is 0.286. The molecule has 1 aromatic heterocycles. The van der Waals surface area contributed by atoms with Gasteiger partial charge < -0.3 is 10.1 Å². The minimum Gasteiger partial charge on any atom is -0.489 e. The van der Waals surface area contributed by atoms with Gasteiger partial charge in [-0.25, -0.2) is 4.98 Å². The number of fused-ring (bicyclic) bond motifs is 1. The van der Waals surface area contributed by atoms with Gasteiger partial charge in [0, 0.05) is 6.54 Å². The van der Waals surface area contributed by atoms with Crippen LogP contribution < -0.4 is 15.4 Å². The molecule has 0 spiro atoms. The number of nitrogens with zero attached hydrogens (tertiary/aromatic N) is 3. The van der Waals surface area contributed by atoms with Crippen molar-refractivity contribution in [2.24, 2.45) is 0 Å². The molecule has 1 aromatic carbocycles. The van der Waals surface area contributed by atoms with E-state index < -0.39 is 0 Å². The Labute approximate surface area is 121 Å². The maximum Gasteiger partial charge on any atom is 0.261 e. The molecular formula is C14H15N5O2. The first-order valence-electron chi connectivity index (χ1n) is 6.64. The van der Waals surface area contributed by atoms with E-state index in [1.807, 2.05) is 19.9 Å². The van der Waals surface area contributed by atoms with Crippen LogP contribution in [-0.4, -0.2) is 34.2 Å². The fourth-order valence-corrected chi connectivity index (χ4v) is 2.03. The number of para-hydroxylation sites is 1. The quantitative estimate of drug-likeness (QED) is 0.870. The summed E-state index contributed by atoms with van der Waals surface area (Å²) >= 11 is 0. The van der Waals surface area contributed by atoms with Gasteiger partial charge in [-0.15, -0.1) is 5.10 Å². The summed E-state index contributed by atoms with van der Waals surface area (Å²) in [5, 5.41) is 13.6. The van der Waals surface area contributed by atoms with Crippen molar-refractivity contribution in [3.8, 4) is 5.75 Å². The Kier molecular flexibility index (Phi) is 3.39. The zero-order chi connectivity index (χ0) is 14.8. The van der Waals surface area contributed by atoms with Crippen molar-refractivity contribution in [2.75, 3.05) is 23.8 Å². The number of carbonyl (C=O) groups excluding carboxylic acids is 1. The SMILES string of the molecule is Cc1nnc(NC(=O)c2cccc3c2OCCN3)nc1C. The van der Waals surface area contributed by atoms with Gasteiger partial charge in [-0.05, 0) is 26.0 Å². The van der Waals surface area contributed by atoms with Crippen molar-refractivity contribution >= 4 is 17.5 Å². The zero-order valence-electron chi connectivity index (χ0n) is 11.8. The van der Waals surface area contributed by atoms with Gasteiger partial charge >= 0.3 is 0 Å². The number of rotatable bonds is 2. The predicted molar refractivity (Wildman–Crippen MR) is 77.7 cm³/mol. The van der Waals surface area contributed by atoms with E-state index in [4.69, 9.17) is 4.74 Å². The highest BCUT2D eigenvalue weighted by molar-refractivity contribution is 6.06. The predicted octanol–water partition coefficient (Wildman–Crippen LogP) is 1.55. The Morgan fingerprint density at radius 1 is 1.29 bits per heavy atom. The second-order valence-electron chi connectivity index (χ2n) is 4.72. The number of benzene rings is 1. The van der Waals surface area contributed by atoms with Gasteiger partial charge in [0.1, 0.15) is 6.61 Å². The fourth-order valence-electron chi connectivity index (χ4n) is 2.03. The second-order valence-corrected chi connectivity index (χ2v) is 4.72. The number of aryl methyl sites for hydroxylation is 2. The van der Waals surface area contributed by atoms with E-state index in [0.29, 0.717) is 17.9 Å². The summed E-state index contributed by atoms with van der Waals surface area (Å²) in [6.07, 6.45) is 0. The van der Waals surface area contributed by atoms with Gasteiger partial charge in [0.2, 0.25) is 5.95 Å². The number of amides is 1. The largest absolute Gasteiger partial charge is 0.489 e. The third-order valence-electron chi connectivity index (χ3n) is 3.24. The molecule has 0 saturated carbocycles. The van der Waals surface area contributed by atoms with E-state index >= 15 is 0 Å². The molecule has 0 bridgehead atoms. The third kappa shape index (κ3) is 2.62. The minimum absolute atomic E-state index is 0.185. The minimum atomic E-state index is -0.319. The van der Waals surface area contributed by atoms with Gasteiger partial charge in [-0.2, -0.15) is 5.10 Å². The lowest BCUT2D eigenvalue weighted by molar-refractivity contribution is 0.102. The lowest BCUT2D eigenvalue weighted by atomic mass is 10.1. The molecule has 1 aliphatic rings. The van der Waals surface area contributed by atoms with Crippen LogP contribution >= 0.6 is 0 Å². The summed E-state index contributed by atoms with van der Waals surface area (Å²) in [6.45, 7) is 4.88. The molecule has 0 atom stereocenters. The van der Waals surface area contributed by atoms with Crippen molar-refractivity contribution < 1.29 is 9.53 Å². The van der Waals surface area contributed by atoms with E-state index in [9.17, 15) is 4.79 Å². The van der Waals surface area contributed by atoms with E-state index in [-0.39, 0.29) is 11.9 Å². The summed E-state index contributed by atoms with van der Waals surface area (Å²) < 4.78 is 5.58. The van der Waals surface area contributed by atoms with Crippen LogP contribution in [0.25, 0.3) is 0 Å². The van der Waals surface area contributed by atoms with Crippen molar-refractivity contribution in [2.45, 2.75) is 13.8 Å². The number of aromatic nitrogens is 3. The molecule has 7 nitrogen and oxygen atoms in total. The average molecular weight is 285 g/mol. The monoisotopic (exact) mass is 285 g/mol. The van der Waals surface area contributed by atoms with Crippen LogP contribution in [0, 0.1) is 13.8 Å². The molecule has 2 aromatic rings. The van der Waals surface area contributed by atoms with Gasteiger partial charge in [0.05, 0.1) is 22.6 Å². The van der Waals surface area contributed by atoms with Gasteiger partial charge in [0.25, 0.3) is 5.91 Å². The molecule has 0 aliphatic carbocycles. The van der Waals surface area contributed by atoms with Crippen LogP contribution in [0.15, 0.2) is 18.2 Å². The smallest absolute Gasteiger partial charge is 0.261 e. The van der Waals surface area contributed by atoms with Crippen LogP contribution in [0.3, 0.4) is 0 Å². The van der Waals surface area contributed by atoms with Crippen molar-refractivity contribution in [1.82, 2.24) is 15.2 Å².